The summed E-state index contributed by atoms with van der Waals surface area (Å²) in [6, 6.07) is 1.11. The summed E-state index contributed by atoms with van der Waals surface area (Å²) in [6.07, 6.45) is 7.79. The van der Waals surface area contributed by atoms with Gasteiger partial charge >= 0.3 is 6.03 Å². The van der Waals surface area contributed by atoms with Gasteiger partial charge < -0.3 is 10.2 Å². The second-order valence-electron chi connectivity index (χ2n) is 6.31. The van der Waals surface area contributed by atoms with Gasteiger partial charge in [-0.05, 0) is 19.4 Å². The molecule has 1 N–H and O–H groups in total. The second-order valence-corrected chi connectivity index (χ2v) is 8.54. The van der Waals surface area contributed by atoms with E-state index in [1.165, 1.54) is 0 Å². The molecule has 1 unspecified atom stereocenters. The van der Waals surface area contributed by atoms with Crippen LogP contribution in [0.4, 0.5) is 4.79 Å². The summed E-state index contributed by atoms with van der Waals surface area (Å²) in [5.74, 6) is -0.0742. The molecule has 0 radical (unpaired) electrons. The summed E-state index contributed by atoms with van der Waals surface area (Å²) in [5, 5.41) is 11.2. The van der Waals surface area contributed by atoms with E-state index in [-0.39, 0.29) is 24.1 Å². The number of rotatable bonds is 6. The standard InChI is InChI=1S/C16H24N6O3S/c1-2-20-12-14(11-19-20)15-13-26(24,25)10-9-22(15)16(23)17-5-3-7-21-8-4-6-18-21/h4,6,8,11-12,15H,2-3,5,7,9-10,13H2,1H3,(H,17,23). The number of aromatic nitrogens is 4. The minimum absolute atomic E-state index is 0.00782. The van der Waals surface area contributed by atoms with Gasteiger partial charge in [0, 0.05) is 50.3 Å². The molecule has 3 rings (SSSR count). The lowest BCUT2D eigenvalue weighted by molar-refractivity contribution is 0.180. The van der Waals surface area contributed by atoms with E-state index in [0.717, 1.165) is 12.0 Å². The topological polar surface area (TPSA) is 102 Å². The number of hydrogen-bond acceptors (Lipinski definition) is 5. The zero-order valence-electron chi connectivity index (χ0n) is 14.8. The summed E-state index contributed by atoms with van der Waals surface area (Å²) < 4.78 is 27.7. The Morgan fingerprint density at radius 3 is 2.88 bits per heavy atom. The quantitative estimate of drug-likeness (QED) is 0.742. The zero-order chi connectivity index (χ0) is 18.6. The summed E-state index contributed by atoms with van der Waals surface area (Å²) >= 11 is 0. The van der Waals surface area contributed by atoms with Crippen molar-refractivity contribution in [2.75, 3.05) is 24.6 Å². The number of carbonyl (C=O) groups excluding carboxylic acids is 1. The molecular weight excluding hydrogens is 356 g/mol. The van der Waals surface area contributed by atoms with Gasteiger partial charge in [0.2, 0.25) is 0 Å². The Kier molecular flexibility index (Phi) is 5.60. The van der Waals surface area contributed by atoms with Gasteiger partial charge in [-0.2, -0.15) is 10.2 Å². The highest BCUT2D eigenvalue weighted by atomic mass is 32.2. The van der Waals surface area contributed by atoms with Crippen LogP contribution in [0.15, 0.2) is 30.9 Å². The normalized spacial score (nSPS) is 19.4. The molecule has 26 heavy (non-hydrogen) atoms. The summed E-state index contributed by atoms with van der Waals surface area (Å²) in [7, 11) is -3.17. The molecule has 2 amide bonds. The van der Waals surface area contributed by atoms with Crippen molar-refractivity contribution in [3.8, 4) is 0 Å². The van der Waals surface area contributed by atoms with Crippen LogP contribution in [0.1, 0.15) is 24.9 Å². The number of hydrogen-bond donors (Lipinski definition) is 1. The van der Waals surface area contributed by atoms with Gasteiger partial charge in [-0.25, -0.2) is 13.2 Å². The Labute approximate surface area is 152 Å². The minimum atomic E-state index is -3.17. The van der Waals surface area contributed by atoms with Crippen molar-refractivity contribution in [3.63, 3.8) is 0 Å². The van der Waals surface area contributed by atoms with Gasteiger partial charge in [0.25, 0.3) is 0 Å². The highest BCUT2D eigenvalue weighted by Crippen LogP contribution is 2.26. The van der Waals surface area contributed by atoms with Crippen LogP contribution in [0.2, 0.25) is 0 Å². The van der Waals surface area contributed by atoms with Crippen LogP contribution < -0.4 is 5.32 Å². The van der Waals surface area contributed by atoms with E-state index in [0.29, 0.717) is 19.6 Å². The highest BCUT2D eigenvalue weighted by Gasteiger charge is 2.35. The fourth-order valence-corrected chi connectivity index (χ4v) is 4.52. The van der Waals surface area contributed by atoms with E-state index in [1.807, 2.05) is 30.1 Å². The third-order valence-electron chi connectivity index (χ3n) is 4.45. The largest absolute Gasteiger partial charge is 0.338 e. The Balaban J connectivity index is 1.62. The molecule has 2 aromatic rings. The van der Waals surface area contributed by atoms with Crippen molar-refractivity contribution >= 4 is 15.9 Å². The van der Waals surface area contributed by atoms with Gasteiger partial charge in [0.15, 0.2) is 9.84 Å². The van der Waals surface area contributed by atoms with E-state index >= 15 is 0 Å². The number of amides is 2. The molecule has 0 aliphatic carbocycles. The number of carbonyl (C=O) groups is 1. The van der Waals surface area contributed by atoms with Crippen molar-refractivity contribution in [1.29, 1.82) is 0 Å². The van der Waals surface area contributed by atoms with Gasteiger partial charge in [0.05, 0.1) is 23.7 Å². The molecule has 1 atom stereocenters. The number of nitrogens with zero attached hydrogens (tertiary/aromatic N) is 5. The summed E-state index contributed by atoms with van der Waals surface area (Å²) in [4.78, 5) is 14.2. The molecule has 1 saturated heterocycles. The molecular formula is C16H24N6O3S. The lowest BCUT2D eigenvalue weighted by atomic mass is 10.1. The highest BCUT2D eigenvalue weighted by molar-refractivity contribution is 7.91. The predicted molar refractivity (Wildman–Crippen MR) is 96.2 cm³/mol. The predicted octanol–water partition coefficient (Wildman–Crippen LogP) is 0.671. The van der Waals surface area contributed by atoms with Crippen LogP contribution in [0.3, 0.4) is 0 Å². The van der Waals surface area contributed by atoms with Crippen molar-refractivity contribution < 1.29 is 13.2 Å². The van der Waals surface area contributed by atoms with E-state index < -0.39 is 15.9 Å². The number of urea groups is 1. The number of nitrogens with one attached hydrogen (secondary N) is 1. The maximum Gasteiger partial charge on any atom is 0.317 e. The van der Waals surface area contributed by atoms with Gasteiger partial charge in [-0.3, -0.25) is 9.36 Å². The lowest BCUT2D eigenvalue weighted by Gasteiger charge is -2.35. The first kappa shape index (κ1) is 18.4. The fraction of sp³-hybridized carbons (Fsp3) is 0.562. The van der Waals surface area contributed by atoms with Crippen LogP contribution in [-0.4, -0.2) is 63.5 Å². The minimum Gasteiger partial charge on any atom is -0.338 e. The third kappa shape index (κ3) is 4.43. The fourth-order valence-electron chi connectivity index (χ4n) is 3.02. The van der Waals surface area contributed by atoms with E-state index in [2.05, 4.69) is 15.5 Å². The molecule has 1 aliphatic heterocycles. The number of aryl methyl sites for hydroxylation is 2. The first-order valence-corrected chi connectivity index (χ1v) is 10.6. The first-order chi connectivity index (χ1) is 12.5. The van der Waals surface area contributed by atoms with Crippen LogP contribution in [0.25, 0.3) is 0 Å². The molecule has 2 aromatic heterocycles. The van der Waals surface area contributed by atoms with Crippen molar-refractivity contribution in [3.05, 3.63) is 36.4 Å². The van der Waals surface area contributed by atoms with Crippen LogP contribution >= 0.6 is 0 Å². The Hall–Kier alpha value is -2.36. The lowest BCUT2D eigenvalue weighted by Crippen LogP contribution is -2.50. The average molecular weight is 380 g/mol. The molecule has 0 spiro atoms. The van der Waals surface area contributed by atoms with Crippen molar-refractivity contribution in [2.24, 2.45) is 0 Å². The Morgan fingerprint density at radius 2 is 2.19 bits per heavy atom. The third-order valence-corrected chi connectivity index (χ3v) is 6.08. The van der Waals surface area contributed by atoms with Crippen LogP contribution in [-0.2, 0) is 22.9 Å². The number of sulfone groups is 1. The molecule has 9 nitrogen and oxygen atoms in total. The molecule has 0 saturated carbocycles. The molecule has 3 heterocycles. The molecule has 142 valence electrons. The molecule has 1 fully saturated rings. The zero-order valence-corrected chi connectivity index (χ0v) is 15.6. The Bertz CT molecular complexity index is 830. The maximum atomic E-state index is 12.6. The van der Waals surface area contributed by atoms with Gasteiger partial charge in [-0.1, -0.05) is 0 Å². The second kappa shape index (κ2) is 7.90. The molecule has 0 aromatic carbocycles. The smallest absolute Gasteiger partial charge is 0.317 e. The van der Waals surface area contributed by atoms with E-state index in [9.17, 15) is 13.2 Å². The summed E-state index contributed by atoms with van der Waals surface area (Å²) in [5.41, 5.74) is 0.752. The molecule has 0 bridgehead atoms. The molecule has 10 heteroatoms. The average Bonchev–Trinajstić information content (AvgIpc) is 3.29. The maximum absolute atomic E-state index is 12.6. The first-order valence-electron chi connectivity index (χ1n) is 8.73. The SMILES string of the molecule is CCn1cc(C2CS(=O)(=O)CCN2C(=O)NCCCn2cccn2)cn1. The van der Waals surface area contributed by atoms with Crippen LogP contribution in [0.5, 0.6) is 0 Å². The van der Waals surface area contributed by atoms with Crippen molar-refractivity contribution in [1.82, 2.24) is 29.8 Å². The van der Waals surface area contributed by atoms with Crippen molar-refractivity contribution in [2.45, 2.75) is 32.5 Å². The van der Waals surface area contributed by atoms with Crippen LogP contribution in [0, 0.1) is 0 Å². The van der Waals surface area contributed by atoms with E-state index in [4.69, 9.17) is 0 Å². The summed E-state index contributed by atoms with van der Waals surface area (Å²) in [6.45, 7) is 4.06. The van der Waals surface area contributed by atoms with Gasteiger partial charge in [-0.15, -0.1) is 0 Å². The molecule has 1 aliphatic rings. The monoisotopic (exact) mass is 380 g/mol. The van der Waals surface area contributed by atoms with Gasteiger partial charge in [0.1, 0.15) is 0 Å². The van der Waals surface area contributed by atoms with E-state index in [1.54, 1.807) is 22.0 Å². The Morgan fingerprint density at radius 1 is 1.35 bits per heavy atom.